The molecular weight excluding hydrogens is 188 g/mol. The highest BCUT2D eigenvalue weighted by atomic mass is 16.5. The number of aromatic nitrogens is 1. The number of nitrogens with zero attached hydrogens (tertiary/aromatic N) is 1. The molecule has 1 aromatic heterocycles. The molecule has 0 aliphatic rings. The number of hydrogen-bond acceptors (Lipinski definition) is 2. The van der Waals surface area contributed by atoms with Crippen LogP contribution < -0.4 is 10.5 Å². The van der Waals surface area contributed by atoms with E-state index in [2.05, 4.69) is 4.98 Å². The van der Waals surface area contributed by atoms with Gasteiger partial charge in [-0.05, 0) is 42.8 Å². The maximum absolute atomic E-state index is 7.53. The average molecular weight is 199 g/mol. The van der Waals surface area contributed by atoms with Crippen LogP contribution in [0.1, 0.15) is 5.56 Å². The van der Waals surface area contributed by atoms with Crippen molar-refractivity contribution in [1.29, 1.82) is 0 Å². The van der Waals surface area contributed by atoms with E-state index in [0.717, 1.165) is 11.3 Å². The molecule has 0 saturated carbocycles. The van der Waals surface area contributed by atoms with Crippen LogP contribution in [-0.2, 0) is 0 Å². The third-order valence-electron chi connectivity index (χ3n) is 2.07. The molecule has 0 amide bonds. The predicted octanol–water partition coefficient (Wildman–Crippen LogP) is 3.10. The Morgan fingerprint density at radius 1 is 1.20 bits per heavy atom. The minimum Gasteiger partial charge on any atom is -0.456 e. The fourth-order valence-electron chi connectivity index (χ4n) is 1.24. The molecule has 2 rings (SSSR count). The van der Waals surface area contributed by atoms with E-state index in [-0.39, 0.29) is 0 Å². The number of ether oxygens (including phenoxy) is 1. The van der Waals surface area contributed by atoms with Crippen molar-refractivity contribution in [3.8, 4) is 11.5 Å². The summed E-state index contributed by atoms with van der Waals surface area (Å²) in [4.78, 5) is 3.96. The Balaban J connectivity index is 2.22. The van der Waals surface area contributed by atoms with Gasteiger partial charge >= 0.3 is 0 Å². The first-order valence-corrected chi connectivity index (χ1v) is 4.66. The van der Waals surface area contributed by atoms with Crippen molar-refractivity contribution in [1.82, 2.24) is 10.7 Å². The van der Waals surface area contributed by atoms with Crippen LogP contribution in [-0.4, -0.2) is 4.98 Å². The fourth-order valence-corrected chi connectivity index (χ4v) is 1.24. The highest BCUT2D eigenvalue weighted by molar-refractivity contribution is 5.47. The van der Waals surface area contributed by atoms with Gasteiger partial charge in [-0.15, -0.1) is 0 Å². The third-order valence-corrected chi connectivity index (χ3v) is 2.07. The molecule has 15 heavy (non-hydrogen) atoms. The molecular formula is C12H11N2O. The molecule has 0 unspecified atom stereocenters. The minimum atomic E-state index is 0.522. The van der Waals surface area contributed by atoms with Crippen LogP contribution in [0.25, 0.3) is 0 Å². The van der Waals surface area contributed by atoms with Crippen molar-refractivity contribution < 1.29 is 4.74 Å². The molecule has 2 aromatic rings. The highest BCUT2D eigenvalue weighted by Crippen LogP contribution is 2.24. The molecule has 1 radical (unpaired) electrons. The fraction of sp³-hybridized carbons (Fsp3) is 0.0833. The molecule has 1 N–H and O–H groups in total. The van der Waals surface area contributed by atoms with Crippen LogP contribution in [0.4, 0.5) is 5.69 Å². The van der Waals surface area contributed by atoms with Crippen LogP contribution in [0.3, 0.4) is 0 Å². The zero-order chi connectivity index (χ0) is 10.7. The van der Waals surface area contributed by atoms with E-state index in [1.165, 1.54) is 0 Å². The van der Waals surface area contributed by atoms with Gasteiger partial charge in [0.15, 0.2) is 0 Å². The number of pyridine rings is 1. The molecule has 0 saturated heterocycles. The van der Waals surface area contributed by atoms with Crippen LogP contribution in [0, 0.1) is 6.92 Å². The molecule has 0 atom stereocenters. The van der Waals surface area contributed by atoms with E-state index in [4.69, 9.17) is 10.5 Å². The van der Waals surface area contributed by atoms with Crippen molar-refractivity contribution in [2.75, 3.05) is 0 Å². The molecule has 0 spiro atoms. The van der Waals surface area contributed by atoms with Crippen LogP contribution >= 0.6 is 0 Å². The molecule has 3 nitrogen and oxygen atoms in total. The molecule has 0 fully saturated rings. The zero-order valence-corrected chi connectivity index (χ0v) is 8.40. The average Bonchev–Trinajstić information content (AvgIpc) is 2.25. The number of nitrogens with one attached hydrogen (secondary N) is 1. The van der Waals surface area contributed by atoms with Gasteiger partial charge in [0.05, 0.1) is 11.9 Å². The van der Waals surface area contributed by atoms with Gasteiger partial charge < -0.3 is 10.5 Å². The third kappa shape index (κ3) is 2.26. The van der Waals surface area contributed by atoms with E-state index in [1.54, 1.807) is 24.5 Å². The molecule has 0 bridgehead atoms. The second-order valence-electron chi connectivity index (χ2n) is 3.27. The second-order valence-corrected chi connectivity index (χ2v) is 3.27. The number of rotatable bonds is 2. The maximum Gasteiger partial charge on any atom is 0.145 e. The van der Waals surface area contributed by atoms with Crippen LogP contribution in [0.5, 0.6) is 11.5 Å². The summed E-state index contributed by atoms with van der Waals surface area (Å²) in [5.41, 5.74) is 8.95. The summed E-state index contributed by atoms with van der Waals surface area (Å²) in [6.45, 7) is 1.89. The summed E-state index contributed by atoms with van der Waals surface area (Å²) < 4.78 is 5.57. The highest BCUT2D eigenvalue weighted by Gasteiger charge is 1.99. The summed E-state index contributed by atoms with van der Waals surface area (Å²) in [6, 6.07) is 9.01. The maximum atomic E-state index is 7.53. The van der Waals surface area contributed by atoms with Crippen molar-refractivity contribution in [2.24, 2.45) is 0 Å². The lowest BCUT2D eigenvalue weighted by Crippen LogP contribution is -1.86. The van der Waals surface area contributed by atoms with Gasteiger partial charge in [0.25, 0.3) is 0 Å². The van der Waals surface area contributed by atoms with Gasteiger partial charge in [0.1, 0.15) is 11.5 Å². The van der Waals surface area contributed by atoms with Crippen molar-refractivity contribution in [2.45, 2.75) is 6.92 Å². The lowest BCUT2D eigenvalue weighted by Gasteiger charge is -2.06. The first kappa shape index (κ1) is 9.52. The predicted molar refractivity (Wildman–Crippen MR) is 58.2 cm³/mol. The Bertz CT molecular complexity index is 454. The van der Waals surface area contributed by atoms with Crippen molar-refractivity contribution in [3.63, 3.8) is 0 Å². The van der Waals surface area contributed by atoms with Crippen LogP contribution in [0.2, 0.25) is 0 Å². The standard InChI is InChI=1S/C12H11N2O/c1-9-7-10(4-5-12(9)13)15-11-3-2-6-14-8-11/h2-8,13H,1H3. The van der Waals surface area contributed by atoms with Gasteiger partial charge in [-0.1, -0.05) is 0 Å². The van der Waals surface area contributed by atoms with E-state index < -0.39 is 0 Å². The molecule has 0 aliphatic carbocycles. The summed E-state index contributed by atoms with van der Waals surface area (Å²) >= 11 is 0. The van der Waals surface area contributed by atoms with E-state index in [9.17, 15) is 0 Å². The zero-order valence-electron chi connectivity index (χ0n) is 8.40. The monoisotopic (exact) mass is 199 g/mol. The van der Waals surface area contributed by atoms with Gasteiger partial charge in [-0.2, -0.15) is 0 Å². The topological polar surface area (TPSA) is 45.9 Å². The van der Waals surface area contributed by atoms with Crippen molar-refractivity contribution >= 4 is 5.69 Å². The lowest BCUT2D eigenvalue weighted by molar-refractivity contribution is 0.480. The van der Waals surface area contributed by atoms with Gasteiger partial charge in [-0.3, -0.25) is 4.98 Å². The Morgan fingerprint density at radius 3 is 2.73 bits per heavy atom. The van der Waals surface area contributed by atoms with E-state index >= 15 is 0 Å². The van der Waals surface area contributed by atoms with Crippen LogP contribution in [0.15, 0.2) is 42.7 Å². The van der Waals surface area contributed by atoms with Gasteiger partial charge in [0, 0.05) is 6.20 Å². The molecule has 0 aliphatic heterocycles. The van der Waals surface area contributed by atoms with Gasteiger partial charge in [-0.25, -0.2) is 0 Å². The molecule has 3 heteroatoms. The Morgan fingerprint density at radius 2 is 2.07 bits per heavy atom. The summed E-state index contributed by atoms with van der Waals surface area (Å²) in [6.07, 6.45) is 3.36. The second kappa shape index (κ2) is 4.00. The number of benzene rings is 1. The first-order valence-electron chi connectivity index (χ1n) is 4.66. The molecule has 1 aromatic carbocycles. The summed E-state index contributed by atoms with van der Waals surface area (Å²) in [5, 5.41) is 0. The smallest absolute Gasteiger partial charge is 0.145 e. The Hall–Kier alpha value is -2.03. The van der Waals surface area contributed by atoms with Crippen molar-refractivity contribution in [3.05, 3.63) is 48.3 Å². The van der Waals surface area contributed by atoms with E-state index in [0.29, 0.717) is 11.4 Å². The van der Waals surface area contributed by atoms with E-state index in [1.807, 2.05) is 25.1 Å². The lowest BCUT2D eigenvalue weighted by atomic mass is 10.2. The number of hydrogen-bond donors (Lipinski definition) is 0. The van der Waals surface area contributed by atoms with Gasteiger partial charge in [0.2, 0.25) is 0 Å². The largest absolute Gasteiger partial charge is 0.456 e. The summed E-state index contributed by atoms with van der Waals surface area (Å²) in [7, 11) is 0. The quantitative estimate of drug-likeness (QED) is 0.746. The Labute approximate surface area is 88.5 Å². The summed E-state index contributed by atoms with van der Waals surface area (Å²) in [5.74, 6) is 1.44. The molecule has 75 valence electrons. The number of aryl methyl sites for hydroxylation is 1. The molecule has 1 heterocycles. The Kier molecular flexibility index (Phi) is 2.54. The SMILES string of the molecule is Cc1cc(Oc2cccnc2)ccc1[NH]. The normalized spacial score (nSPS) is 9.93. The first-order chi connectivity index (χ1) is 7.25. The minimum absolute atomic E-state index is 0.522.